The van der Waals surface area contributed by atoms with Crippen LogP contribution < -0.4 is 0 Å². The lowest BCUT2D eigenvalue weighted by molar-refractivity contribution is 0.971. The van der Waals surface area contributed by atoms with Crippen molar-refractivity contribution >= 4 is 69.7 Å². The van der Waals surface area contributed by atoms with Gasteiger partial charge in [-0.15, -0.1) is 11.3 Å². The molecule has 0 fully saturated rings. The highest BCUT2D eigenvalue weighted by atomic mass is 32.1. The Hall–Kier alpha value is -4.15. The van der Waals surface area contributed by atoms with Crippen LogP contribution in [0.3, 0.4) is 0 Å². The summed E-state index contributed by atoms with van der Waals surface area (Å²) in [6.45, 7) is 0. The number of hydrogen-bond donors (Lipinski definition) is 0. The zero-order valence-electron chi connectivity index (χ0n) is 17.6. The fraction of sp³-hybridized carbons (Fsp3) is 0. The van der Waals surface area contributed by atoms with Crippen LogP contribution in [-0.2, 0) is 0 Å². The quantitative estimate of drug-likeness (QED) is 0.254. The van der Waals surface area contributed by atoms with E-state index in [1.54, 1.807) is 0 Å². The van der Waals surface area contributed by atoms with Gasteiger partial charge in [0, 0.05) is 37.8 Å². The second-order valence-electron chi connectivity index (χ2n) is 8.49. The van der Waals surface area contributed by atoms with E-state index in [0.29, 0.717) is 0 Å². The first kappa shape index (κ1) is 17.4. The lowest BCUT2D eigenvalue weighted by Gasteiger charge is -2.10. The number of aromatic nitrogens is 3. The molecular weight excluding hydrogens is 422 g/mol. The Balaban J connectivity index is 1.66. The summed E-state index contributed by atoms with van der Waals surface area (Å²) in [6, 6.07) is 34.8. The van der Waals surface area contributed by atoms with Gasteiger partial charge in [-0.1, -0.05) is 66.7 Å². The first-order chi connectivity index (χ1) is 16.4. The number of para-hydroxylation sites is 1. The lowest BCUT2D eigenvalue weighted by Crippen LogP contribution is -1.98. The molecule has 0 aliphatic carbocycles. The molecule has 0 radical (unpaired) electrons. The van der Waals surface area contributed by atoms with Crippen molar-refractivity contribution in [3.05, 3.63) is 103 Å². The van der Waals surface area contributed by atoms with E-state index in [1.165, 1.54) is 47.4 Å². The lowest BCUT2D eigenvalue weighted by atomic mass is 10.1. The van der Waals surface area contributed by atoms with Crippen LogP contribution in [0.1, 0.15) is 0 Å². The molecule has 8 aromatic rings. The van der Waals surface area contributed by atoms with E-state index in [1.807, 2.05) is 22.0 Å². The number of pyridine rings is 1. The second-order valence-corrected chi connectivity index (χ2v) is 9.55. The van der Waals surface area contributed by atoms with Gasteiger partial charge >= 0.3 is 0 Å². The van der Waals surface area contributed by atoms with Crippen LogP contribution >= 0.6 is 11.3 Å². The zero-order chi connectivity index (χ0) is 21.5. The van der Waals surface area contributed by atoms with Crippen LogP contribution in [0.5, 0.6) is 0 Å². The third kappa shape index (κ3) is 2.21. The molecule has 0 atom stereocenters. The molecule has 4 heterocycles. The van der Waals surface area contributed by atoms with Crippen molar-refractivity contribution in [2.45, 2.75) is 0 Å². The number of rotatable bonds is 1. The summed E-state index contributed by atoms with van der Waals surface area (Å²) in [4.78, 5) is 0. The van der Waals surface area contributed by atoms with Gasteiger partial charge in [-0.2, -0.15) is 5.10 Å². The average molecular weight is 440 g/mol. The molecule has 154 valence electrons. The molecule has 4 aromatic carbocycles. The molecule has 8 rings (SSSR count). The Morgan fingerprint density at radius 1 is 0.576 bits per heavy atom. The summed E-state index contributed by atoms with van der Waals surface area (Å²) in [6.07, 6.45) is 2.04. The maximum atomic E-state index is 4.85. The van der Waals surface area contributed by atoms with Crippen molar-refractivity contribution in [2.24, 2.45) is 0 Å². The number of nitrogens with zero attached hydrogens (tertiary/aromatic N) is 3. The maximum Gasteiger partial charge on any atom is 0.0980 e. The molecule has 0 aliphatic heterocycles. The van der Waals surface area contributed by atoms with Gasteiger partial charge in [-0.05, 0) is 30.3 Å². The number of hydrogen-bond acceptors (Lipinski definition) is 2. The normalized spacial score (nSPS) is 12.2. The van der Waals surface area contributed by atoms with Crippen molar-refractivity contribution in [3.63, 3.8) is 0 Å². The van der Waals surface area contributed by atoms with Crippen molar-refractivity contribution in [1.29, 1.82) is 0 Å². The number of benzene rings is 4. The number of thiophene rings is 1. The zero-order valence-corrected chi connectivity index (χ0v) is 18.4. The third-order valence-corrected chi connectivity index (χ3v) is 7.94. The highest BCUT2D eigenvalue weighted by Crippen LogP contribution is 2.43. The predicted octanol–water partition coefficient (Wildman–Crippen LogP) is 7.95. The molecule has 0 bridgehead atoms. The van der Waals surface area contributed by atoms with Gasteiger partial charge in [0.15, 0.2) is 0 Å². The molecule has 0 saturated heterocycles. The average Bonchev–Trinajstić information content (AvgIpc) is 3.53. The first-order valence-electron chi connectivity index (χ1n) is 11.1. The first-order valence-corrected chi connectivity index (χ1v) is 11.9. The van der Waals surface area contributed by atoms with Crippen LogP contribution in [0, 0.1) is 0 Å². The van der Waals surface area contributed by atoms with Crippen molar-refractivity contribution in [3.8, 4) is 5.69 Å². The standard InChI is InChI=1S/C29H17N3S/c1-4-11-23-22(10-1)27-25(13-7-17-31(27)30-23)32-24-12-5-2-8-18(24)20-15-16-21-19-9-3-6-14-26(19)33-29(21)28(20)32/h1-17H. The van der Waals surface area contributed by atoms with Crippen LogP contribution in [0.15, 0.2) is 103 Å². The third-order valence-electron chi connectivity index (χ3n) is 6.75. The van der Waals surface area contributed by atoms with Crippen LogP contribution in [0.25, 0.3) is 64.1 Å². The summed E-state index contributed by atoms with van der Waals surface area (Å²) in [5.41, 5.74) is 5.79. The van der Waals surface area contributed by atoms with Gasteiger partial charge in [0.05, 0.1) is 32.5 Å². The molecule has 0 unspecified atom stereocenters. The van der Waals surface area contributed by atoms with Gasteiger partial charge in [0.25, 0.3) is 0 Å². The van der Waals surface area contributed by atoms with E-state index in [-0.39, 0.29) is 0 Å². The smallest absolute Gasteiger partial charge is 0.0980 e. The van der Waals surface area contributed by atoms with Crippen LogP contribution in [-0.4, -0.2) is 14.2 Å². The van der Waals surface area contributed by atoms with E-state index in [4.69, 9.17) is 5.10 Å². The van der Waals surface area contributed by atoms with E-state index >= 15 is 0 Å². The van der Waals surface area contributed by atoms with Crippen LogP contribution in [0.4, 0.5) is 0 Å². The molecule has 3 nitrogen and oxygen atoms in total. The van der Waals surface area contributed by atoms with Crippen molar-refractivity contribution in [1.82, 2.24) is 14.2 Å². The molecule has 0 spiro atoms. The summed E-state index contributed by atoms with van der Waals surface area (Å²) in [5.74, 6) is 0. The number of fused-ring (bicyclic) bond motifs is 10. The minimum Gasteiger partial charge on any atom is -0.306 e. The Morgan fingerprint density at radius 3 is 2.27 bits per heavy atom. The largest absolute Gasteiger partial charge is 0.306 e. The van der Waals surface area contributed by atoms with Gasteiger partial charge in [0.2, 0.25) is 0 Å². The summed E-state index contributed by atoms with van der Waals surface area (Å²) in [7, 11) is 0. The molecule has 0 saturated carbocycles. The Morgan fingerprint density at radius 2 is 1.33 bits per heavy atom. The highest BCUT2D eigenvalue weighted by Gasteiger charge is 2.20. The Kier molecular flexibility index (Phi) is 3.28. The predicted molar refractivity (Wildman–Crippen MR) is 140 cm³/mol. The molecule has 0 N–H and O–H groups in total. The highest BCUT2D eigenvalue weighted by molar-refractivity contribution is 7.26. The van der Waals surface area contributed by atoms with Gasteiger partial charge in [-0.3, -0.25) is 0 Å². The van der Waals surface area contributed by atoms with E-state index in [9.17, 15) is 0 Å². The molecule has 0 amide bonds. The Labute approximate surface area is 192 Å². The van der Waals surface area contributed by atoms with Gasteiger partial charge in [-0.25, -0.2) is 4.52 Å². The van der Waals surface area contributed by atoms with Crippen molar-refractivity contribution < 1.29 is 0 Å². The van der Waals surface area contributed by atoms with E-state index < -0.39 is 0 Å². The van der Waals surface area contributed by atoms with Gasteiger partial charge in [0.1, 0.15) is 0 Å². The SMILES string of the molecule is c1ccc2c(c1)nn1cccc(-n3c4ccccc4c4ccc5c6ccccc6sc5c43)c21. The van der Waals surface area contributed by atoms with Crippen LogP contribution in [0.2, 0.25) is 0 Å². The van der Waals surface area contributed by atoms with Crippen molar-refractivity contribution in [2.75, 3.05) is 0 Å². The summed E-state index contributed by atoms with van der Waals surface area (Å²) < 4.78 is 7.12. The summed E-state index contributed by atoms with van der Waals surface area (Å²) in [5, 5.41) is 11.2. The second kappa shape index (κ2) is 6.21. The monoisotopic (exact) mass is 439 g/mol. The van der Waals surface area contributed by atoms with E-state index in [0.717, 1.165) is 16.7 Å². The fourth-order valence-corrected chi connectivity index (χ4v) is 6.61. The molecular formula is C29H17N3S. The Bertz CT molecular complexity index is 2040. The minimum absolute atomic E-state index is 1.01. The molecule has 0 aliphatic rings. The maximum absolute atomic E-state index is 4.85. The minimum atomic E-state index is 1.01. The summed E-state index contributed by atoms with van der Waals surface area (Å²) >= 11 is 1.88. The molecule has 4 aromatic heterocycles. The molecule has 33 heavy (non-hydrogen) atoms. The van der Waals surface area contributed by atoms with Gasteiger partial charge < -0.3 is 4.57 Å². The topological polar surface area (TPSA) is 22.2 Å². The molecule has 4 heteroatoms. The van der Waals surface area contributed by atoms with E-state index in [2.05, 4.69) is 102 Å². The fourth-order valence-electron chi connectivity index (χ4n) is 5.37.